The Morgan fingerprint density at radius 3 is 2.95 bits per heavy atom. The summed E-state index contributed by atoms with van der Waals surface area (Å²) in [5.41, 5.74) is 8.96. The fourth-order valence-electron chi connectivity index (χ4n) is 3.39. The Labute approximate surface area is 118 Å². The number of hydrogen-bond acceptors (Lipinski definition) is 3. The van der Waals surface area contributed by atoms with Gasteiger partial charge in [-0.25, -0.2) is 4.98 Å². The number of aromatic nitrogens is 2. The van der Waals surface area contributed by atoms with Crippen LogP contribution in [0.3, 0.4) is 0 Å². The monoisotopic (exact) mass is 271 g/mol. The van der Waals surface area contributed by atoms with E-state index in [0.29, 0.717) is 5.92 Å². The highest BCUT2D eigenvalue weighted by molar-refractivity contribution is 5.80. The average molecular weight is 271 g/mol. The number of anilines is 1. The number of fused-ring (bicyclic) bond motifs is 1. The maximum atomic E-state index is 5.91. The highest BCUT2D eigenvalue weighted by Crippen LogP contribution is 2.44. The average Bonchev–Trinajstić information content (AvgIpc) is 3.20. The molecule has 20 heavy (non-hydrogen) atoms. The highest BCUT2D eigenvalue weighted by Gasteiger charge is 2.38. The van der Waals surface area contributed by atoms with Crippen LogP contribution in [-0.4, -0.2) is 22.8 Å². The lowest BCUT2D eigenvalue weighted by molar-refractivity contribution is 0.0101. The van der Waals surface area contributed by atoms with Crippen LogP contribution < -0.4 is 5.73 Å². The first-order valence-electron chi connectivity index (χ1n) is 7.53. The van der Waals surface area contributed by atoms with Crippen molar-refractivity contribution in [1.82, 2.24) is 9.55 Å². The quantitative estimate of drug-likeness (QED) is 0.854. The number of rotatable bonds is 2. The Bertz CT molecular complexity index is 651. The summed E-state index contributed by atoms with van der Waals surface area (Å²) in [6.45, 7) is 3.96. The van der Waals surface area contributed by atoms with E-state index in [-0.39, 0.29) is 5.54 Å². The smallest absolute Gasteiger partial charge is 0.113 e. The Morgan fingerprint density at radius 1 is 1.40 bits per heavy atom. The molecule has 106 valence electrons. The lowest BCUT2D eigenvalue weighted by atomic mass is 9.93. The molecule has 0 bridgehead atoms. The predicted octanol–water partition coefficient (Wildman–Crippen LogP) is 3.02. The molecule has 2 fully saturated rings. The van der Waals surface area contributed by atoms with Crippen LogP contribution in [0.2, 0.25) is 0 Å². The molecule has 2 aromatic rings. The van der Waals surface area contributed by atoms with E-state index in [2.05, 4.69) is 17.6 Å². The number of ether oxygens (including phenoxy) is 1. The van der Waals surface area contributed by atoms with Crippen LogP contribution in [0.15, 0.2) is 18.2 Å². The SMILES string of the molecule is CC1(n2c(C3CC3)nc3cc(N)ccc32)CCCOC1. The minimum absolute atomic E-state index is 0.0288. The summed E-state index contributed by atoms with van der Waals surface area (Å²) in [5.74, 6) is 1.86. The van der Waals surface area contributed by atoms with Crippen molar-refractivity contribution in [2.75, 3.05) is 18.9 Å². The summed E-state index contributed by atoms with van der Waals surface area (Å²) in [6.07, 6.45) is 4.79. The molecule has 0 amide bonds. The fraction of sp³-hybridized carbons (Fsp3) is 0.562. The fourth-order valence-corrected chi connectivity index (χ4v) is 3.39. The van der Waals surface area contributed by atoms with Gasteiger partial charge >= 0.3 is 0 Å². The van der Waals surface area contributed by atoms with E-state index in [0.717, 1.165) is 37.3 Å². The number of nitrogen functional groups attached to an aromatic ring is 1. The first-order chi connectivity index (χ1) is 9.67. The number of benzene rings is 1. The van der Waals surface area contributed by atoms with Gasteiger partial charge in [0.05, 0.1) is 23.2 Å². The van der Waals surface area contributed by atoms with Crippen molar-refractivity contribution in [3.05, 3.63) is 24.0 Å². The van der Waals surface area contributed by atoms with E-state index >= 15 is 0 Å². The van der Waals surface area contributed by atoms with Crippen molar-refractivity contribution in [1.29, 1.82) is 0 Å². The second-order valence-corrected chi connectivity index (χ2v) is 6.48. The normalized spacial score (nSPS) is 27.1. The van der Waals surface area contributed by atoms with Gasteiger partial charge in [0, 0.05) is 18.2 Å². The molecule has 1 aromatic carbocycles. The topological polar surface area (TPSA) is 53.1 Å². The van der Waals surface area contributed by atoms with E-state index < -0.39 is 0 Å². The summed E-state index contributed by atoms with van der Waals surface area (Å²) in [7, 11) is 0. The molecular formula is C16H21N3O. The molecule has 2 aliphatic rings. The summed E-state index contributed by atoms with van der Waals surface area (Å²) in [6, 6.07) is 6.08. The standard InChI is InChI=1S/C16H21N3O/c1-16(7-2-8-20-10-16)19-14-6-5-12(17)9-13(14)18-15(19)11-3-4-11/h5-6,9,11H,2-4,7-8,10,17H2,1H3. The Morgan fingerprint density at radius 2 is 2.25 bits per heavy atom. The van der Waals surface area contributed by atoms with Gasteiger partial charge in [0.1, 0.15) is 5.82 Å². The predicted molar refractivity (Wildman–Crippen MR) is 79.8 cm³/mol. The molecule has 4 rings (SSSR count). The molecule has 0 radical (unpaired) electrons. The van der Waals surface area contributed by atoms with Crippen molar-refractivity contribution in [2.24, 2.45) is 0 Å². The summed E-state index contributed by atoms with van der Waals surface area (Å²) in [5, 5.41) is 0. The molecule has 4 nitrogen and oxygen atoms in total. The molecule has 0 spiro atoms. The first-order valence-corrected chi connectivity index (χ1v) is 7.53. The van der Waals surface area contributed by atoms with Gasteiger partial charge in [0.2, 0.25) is 0 Å². The van der Waals surface area contributed by atoms with E-state index in [1.165, 1.54) is 24.2 Å². The van der Waals surface area contributed by atoms with Crippen LogP contribution in [0.1, 0.15) is 44.3 Å². The highest BCUT2D eigenvalue weighted by atomic mass is 16.5. The van der Waals surface area contributed by atoms with Gasteiger partial charge in [-0.1, -0.05) is 0 Å². The van der Waals surface area contributed by atoms with Gasteiger partial charge in [-0.3, -0.25) is 0 Å². The number of nitrogens with two attached hydrogens (primary N) is 1. The largest absolute Gasteiger partial charge is 0.399 e. The molecular weight excluding hydrogens is 250 g/mol. The van der Waals surface area contributed by atoms with E-state index in [1.54, 1.807) is 0 Å². The lowest BCUT2D eigenvalue weighted by Gasteiger charge is -2.36. The third kappa shape index (κ3) is 1.82. The van der Waals surface area contributed by atoms with Gasteiger partial charge in [0.25, 0.3) is 0 Å². The zero-order chi connectivity index (χ0) is 13.7. The van der Waals surface area contributed by atoms with Gasteiger partial charge in [0.15, 0.2) is 0 Å². The zero-order valence-electron chi connectivity index (χ0n) is 11.9. The number of imidazole rings is 1. The van der Waals surface area contributed by atoms with Crippen LogP contribution in [0, 0.1) is 0 Å². The Balaban J connectivity index is 1.93. The molecule has 1 saturated carbocycles. The van der Waals surface area contributed by atoms with E-state index in [1.807, 2.05) is 12.1 Å². The minimum Gasteiger partial charge on any atom is -0.399 e. The van der Waals surface area contributed by atoms with Crippen LogP contribution >= 0.6 is 0 Å². The number of nitrogens with zero attached hydrogens (tertiary/aromatic N) is 2. The zero-order valence-corrected chi connectivity index (χ0v) is 11.9. The molecule has 2 heterocycles. The van der Waals surface area contributed by atoms with Gasteiger partial charge < -0.3 is 15.0 Å². The van der Waals surface area contributed by atoms with Crippen LogP contribution in [0.25, 0.3) is 11.0 Å². The Hall–Kier alpha value is -1.55. The second kappa shape index (κ2) is 4.22. The van der Waals surface area contributed by atoms with Crippen molar-refractivity contribution >= 4 is 16.7 Å². The Kier molecular flexibility index (Phi) is 2.58. The molecule has 1 saturated heterocycles. The maximum absolute atomic E-state index is 5.91. The van der Waals surface area contributed by atoms with Crippen LogP contribution in [0.5, 0.6) is 0 Å². The molecule has 1 aromatic heterocycles. The summed E-state index contributed by atoms with van der Waals surface area (Å²) in [4.78, 5) is 4.88. The van der Waals surface area contributed by atoms with Crippen molar-refractivity contribution < 1.29 is 4.74 Å². The molecule has 1 aliphatic heterocycles. The van der Waals surface area contributed by atoms with Gasteiger partial charge in [-0.2, -0.15) is 0 Å². The molecule has 2 N–H and O–H groups in total. The molecule has 1 atom stereocenters. The van der Waals surface area contributed by atoms with Crippen molar-refractivity contribution in [2.45, 2.75) is 44.1 Å². The minimum atomic E-state index is 0.0288. The van der Waals surface area contributed by atoms with Crippen molar-refractivity contribution in [3.63, 3.8) is 0 Å². The number of hydrogen-bond donors (Lipinski definition) is 1. The summed E-state index contributed by atoms with van der Waals surface area (Å²) < 4.78 is 8.21. The molecule has 1 unspecified atom stereocenters. The van der Waals surface area contributed by atoms with Crippen LogP contribution in [-0.2, 0) is 10.3 Å². The van der Waals surface area contributed by atoms with Crippen LogP contribution in [0.4, 0.5) is 5.69 Å². The summed E-state index contributed by atoms with van der Waals surface area (Å²) >= 11 is 0. The van der Waals surface area contributed by atoms with Crippen molar-refractivity contribution in [3.8, 4) is 0 Å². The first kappa shape index (κ1) is 12.2. The third-order valence-electron chi connectivity index (χ3n) is 4.60. The van der Waals surface area contributed by atoms with E-state index in [4.69, 9.17) is 15.5 Å². The van der Waals surface area contributed by atoms with E-state index in [9.17, 15) is 0 Å². The third-order valence-corrected chi connectivity index (χ3v) is 4.60. The maximum Gasteiger partial charge on any atom is 0.113 e. The molecule has 1 aliphatic carbocycles. The van der Waals surface area contributed by atoms with Gasteiger partial charge in [-0.05, 0) is 50.8 Å². The molecule has 4 heteroatoms. The van der Waals surface area contributed by atoms with Gasteiger partial charge in [-0.15, -0.1) is 0 Å². The second-order valence-electron chi connectivity index (χ2n) is 6.48. The lowest BCUT2D eigenvalue weighted by Crippen LogP contribution is -2.39.